The molecule has 4 fully saturated rings. The van der Waals surface area contributed by atoms with Crippen LogP contribution in [0.3, 0.4) is 0 Å². The van der Waals surface area contributed by atoms with Gasteiger partial charge in [0, 0.05) is 18.3 Å². The van der Waals surface area contributed by atoms with E-state index in [2.05, 4.69) is 13.8 Å². The van der Waals surface area contributed by atoms with Crippen LogP contribution in [0.4, 0.5) is 0 Å². The maximum Gasteiger partial charge on any atom is 0.338 e. The molecule has 0 heterocycles. The van der Waals surface area contributed by atoms with Crippen molar-refractivity contribution in [1.82, 2.24) is 0 Å². The van der Waals surface area contributed by atoms with Crippen molar-refractivity contribution in [3.8, 4) is 0 Å². The van der Waals surface area contributed by atoms with E-state index >= 15 is 0 Å². The van der Waals surface area contributed by atoms with Crippen molar-refractivity contribution in [3.63, 3.8) is 0 Å². The summed E-state index contributed by atoms with van der Waals surface area (Å²) in [5.41, 5.74) is 1.11. The standard InChI is InChI=1S/C26H34O3/c1-25-14-12-19(27)16-18(25)8-9-20-21-10-11-23(26(21,2)15-13-22(20)25)29-24(28)17-6-4-3-5-7-17/h3-7,18,20-23H,8-16H2,1-2H3/t18-,20?,21?,22?,23?,25-,26-/m1/s1. The van der Waals surface area contributed by atoms with Gasteiger partial charge < -0.3 is 4.74 Å². The lowest BCUT2D eigenvalue weighted by Crippen LogP contribution is -2.54. The number of ether oxygens (including phenoxy) is 1. The number of Topliss-reactive ketones (excluding diaryl/α,β-unsaturated/α-hetero) is 1. The van der Waals surface area contributed by atoms with Crippen LogP contribution in [0.5, 0.6) is 0 Å². The second-order valence-corrected chi connectivity index (χ2v) is 10.8. The first-order chi connectivity index (χ1) is 13.9. The summed E-state index contributed by atoms with van der Waals surface area (Å²) in [5, 5.41) is 0. The Bertz CT molecular complexity index is 801. The van der Waals surface area contributed by atoms with Gasteiger partial charge in [-0.3, -0.25) is 4.79 Å². The van der Waals surface area contributed by atoms with Gasteiger partial charge in [-0.15, -0.1) is 0 Å². The Morgan fingerprint density at radius 3 is 2.48 bits per heavy atom. The predicted octanol–water partition coefficient (Wildman–Crippen LogP) is 5.82. The third kappa shape index (κ3) is 2.99. The van der Waals surface area contributed by atoms with Gasteiger partial charge in [0.2, 0.25) is 0 Å². The molecule has 0 aliphatic heterocycles. The van der Waals surface area contributed by atoms with Gasteiger partial charge in [-0.25, -0.2) is 4.79 Å². The number of fused-ring (bicyclic) bond motifs is 5. The Labute approximate surface area is 174 Å². The highest BCUT2D eigenvalue weighted by Gasteiger charge is 2.61. The molecule has 0 spiro atoms. The molecule has 4 aliphatic rings. The molecule has 29 heavy (non-hydrogen) atoms. The normalized spacial score (nSPS) is 43.8. The maximum atomic E-state index is 12.7. The van der Waals surface area contributed by atoms with Gasteiger partial charge in [-0.05, 0) is 86.2 Å². The minimum Gasteiger partial charge on any atom is -0.458 e. The molecular weight excluding hydrogens is 360 g/mol. The Morgan fingerprint density at radius 1 is 0.931 bits per heavy atom. The lowest BCUT2D eigenvalue weighted by atomic mass is 9.45. The lowest BCUT2D eigenvalue weighted by Gasteiger charge is -2.60. The molecular formula is C26H34O3. The van der Waals surface area contributed by atoms with Crippen LogP contribution in [0.2, 0.25) is 0 Å². The Hall–Kier alpha value is -1.64. The summed E-state index contributed by atoms with van der Waals surface area (Å²) in [7, 11) is 0. The summed E-state index contributed by atoms with van der Waals surface area (Å²) in [6, 6.07) is 9.42. The van der Waals surface area contributed by atoms with Crippen molar-refractivity contribution in [2.75, 3.05) is 0 Å². The van der Waals surface area contributed by atoms with Gasteiger partial charge in [-0.2, -0.15) is 0 Å². The number of carbonyl (C=O) groups is 2. The highest BCUT2D eigenvalue weighted by atomic mass is 16.5. The zero-order chi connectivity index (χ0) is 20.2. The van der Waals surface area contributed by atoms with Crippen LogP contribution in [-0.2, 0) is 9.53 Å². The van der Waals surface area contributed by atoms with E-state index < -0.39 is 0 Å². The van der Waals surface area contributed by atoms with Crippen molar-refractivity contribution in [1.29, 1.82) is 0 Å². The van der Waals surface area contributed by atoms with E-state index in [9.17, 15) is 9.59 Å². The lowest BCUT2D eigenvalue weighted by molar-refractivity contribution is -0.142. The maximum absolute atomic E-state index is 12.7. The fourth-order valence-corrected chi connectivity index (χ4v) is 7.96. The van der Waals surface area contributed by atoms with Crippen LogP contribution >= 0.6 is 0 Å². The van der Waals surface area contributed by atoms with Crippen molar-refractivity contribution >= 4 is 11.8 Å². The third-order valence-corrected chi connectivity index (χ3v) is 9.65. The smallest absolute Gasteiger partial charge is 0.338 e. The third-order valence-electron chi connectivity index (χ3n) is 9.65. The number of benzene rings is 1. The first kappa shape index (κ1) is 19.3. The molecule has 0 amide bonds. The summed E-state index contributed by atoms with van der Waals surface area (Å²) in [6.45, 7) is 4.88. The number of ketones is 1. The van der Waals surface area contributed by atoms with Crippen LogP contribution in [0.15, 0.2) is 30.3 Å². The summed E-state index contributed by atoms with van der Waals surface area (Å²) in [4.78, 5) is 24.8. The van der Waals surface area contributed by atoms with Crippen molar-refractivity contribution in [3.05, 3.63) is 35.9 Å². The zero-order valence-corrected chi connectivity index (χ0v) is 17.9. The molecule has 0 aromatic heterocycles. The van der Waals surface area contributed by atoms with Crippen LogP contribution in [0.1, 0.15) is 82.0 Å². The molecule has 4 aliphatic carbocycles. The fourth-order valence-electron chi connectivity index (χ4n) is 7.96. The monoisotopic (exact) mass is 394 g/mol. The quantitative estimate of drug-likeness (QED) is 0.593. The average Bonchev–Trinajstić information content (AvgIpc) is 3.05. The van der Waals surface area contributed by atoms with Crippen LogP contribution in [0, 0.1) is 34.5 Å². The van der Waals surface area contributed by atoms with Gasteiger partial charge in [0.25, 0.3) is 0 Å². The molecule has 0 saturated heterocycles. The van der Waals surface area contributed by atoms with Gasteiger partial charge in [0.1, 0.15) is 11.9 Å². The Morgan fingerprint density at radius 2 is 1.69 bits per heavy atom. The number of hydrogen-bond donors (Lipinski definition) is 0. The Balaban J connectivity index is 1.34. The van der Waals surface area contributed by atoms with E-state index in [0.29, 0.717) is 28.6 Å². The molecule has 156 valence electrons. The average molecular weight is 395 g/mol. The van der Waals surface area contributed by atoms with E-state index in [0.717, 1.165) is 43.9 Å². The number of esters is 1. The number of rotatable bonds is 2. The molecule has 3 nitrogen and oxygen atoms in total. The van der Waals surface area contributed by atoms with E-state index in [1.165, 1.54) is 25.7 Å². The topological polar surface area (TPSA) is 43.4 Å². The minimum absolute atomic E-state index is 0.0413. The molecule has 4 saturated carbocycles. The molecule has 0 bridgehead atoms. The van der Waals surface area contributed by atoms with E-state index in [4.69, 9.17) is 4.74 Å². The fraction of sp³-hybridized carbons (Fsp3) is 0.692. The molecule has 1 aromatic carbocycles. The van der Waals surface area contributed by atoms with Crippen molar-refractivity contribution in [2.24, 2.45) is 34.5 Å². The molecule has 1 aromatic rings. The van der Waals surface area contributed by atoms with Crippen molar-refractivity contribution < 1.29 is 14.3 Å². The van der Waals surface area contributed by atoms with Gasteiger partial charge in [0.15, 0.2) is 0 Å². The molecule has 4 unspecified atom stereocenters. The first-order valence-electron chi connectivity index (χ1n) is 11.7. The van der Waals surface area contributed by atoms with Gasteiger partial charge in [-0.1, -0.05) is 32.0 Å². The molecule has 5 rings (SSSR count). The van der Waals surface area contributed by atoms with E-state index in [1.54, 1.807) is 0 Å². The van der Waals surface area contributed by atoms with Crippen LogP contribution < -0.4 is 0 Å². The largest absolute Gasteiger partial charge is 0.458 e. The predicted molar refractivity (Wildman–Crippen MR) is 112 cm³/mol. The summed E-state index contributed by atoms with van der Waals surface area (Å²) in [5.74, 6) is 3.06. The highest BCUT2D eigenvalue weighted by Crippen LogP contribution is 2.66. The second kappa shape index (κ2) is 6.96. The SMILES string of the molecule is C[C@@]12CCC3C(CC[C@@H]4CC(=O)CC[C@@]34C)C1CCC2OC(=O)c1ccccc1. The molecule has 3 heteroatoms. The van der Waals surface area contributed by atoms with Gasteiger partial charge >= 0.3 is 5.97 Å². The Kier molecular flexibility index (Phi) is 4.64. The molecule has 0 radical (unpaired) electrons. The van der Waals surface area contributed by atoms with E-state index in [-0.39, 0.29) is 17.5 Å². The number of hydrogen-bond acceptors (Lipinski definition) is 3. The summed E-state index contributed by atoms with van der Waals surface area (Å²) < 4.78 is 6.11. The highest BCUT2D eigenvalue weighted by molar-refractivity contribution is 5.89. The summed E-state index contributed by atoms with van der Waals surface area (Å²) >= 11 is 0. The summed E-state index contributed by atoms with van der Waals surface area (Å²) in [6.07, 6.45) is 9.79. The minimum atomic E-state index is -0.166. The number of carbonyl (C=O) groups excluding carboxylic acids is 2. The zero-order valence-electron chi connectivity index (χ0n) is 17.9. The van der Waals surface area contributed by atoms with Crippen LogP contribution in [-0.4, -0.2) is 17.9 Å². The molecule has 0 N–H and O–H groups in total. The van der Waals surface area contributed by atoms with Gasteiger partial charge in [0.05, 0.1) is 5.56 Å². The first-order valence-corrected chi connectivity index (χ1v) is 11.7. The van der Waals surface area contributed by atoms with E-state index in [1.807, 2.05) is 30.3 Å². The van der Waals surface area contributed by atoms with Crippen molar-refractivity contribution in [2.45, 2.75) is 77.7 Å². The van der Waals surface area contributed by atoms with Crippen LogP contribution in [0.25, 0.3) is 0 Å². The molecule has 7 atom stereocenters. The second-order valence-electron chi connectivity index (χ2n) is 10.8.